The maximum absolute atomic E-state index is 12.4. The molecule has 39 heavy (non-hydrogen) atoms. The van der Waals surface area contributed by atoms with E-state index in [1.807, 2.05) is 25.3 Å². The van der Waals surface area contributed by atoms with Crippen molar-refractivity contribution in [2.75, 3.05) is 42.0 Å². The van der Waals surface area contributed by atoms with Gasteiger partial charge in [-0.05, 0) is 50.6 Å². The lowest BCUT2D eigenvalue weighted by atomic mass is 10.1. The summed E-state index contributed by atoms with van der Waals surface area (Å²) in [7, 11) is -2.05. The second-order valence-corrected chi connectivity index (χ2v) is 11.7. The van der Waals surface area contributed by atoms with E-state index in [4.69, 9.17) is 14.5 Å². The van der Waals surface area contributed by atoms with Gasteiger partial charge in [0, 0.05) is 51.2 Å². The molecule has 0 spiro atoms. The largest absolute Gasteiger partial charge is 0.377 e. The smallest absolute Gasteiger partial charge is 0.222 e. The number of amides is 1. The van der Waals surface area contributed by atoms with Crippen molar-refractivity contribution in [1.29, 1.82) is 0 Å². The number of hydrogen-bond donors (Lipinski definition) is 2. The minimum Gasteiger partial charge on any atom is -0.377 e. The lowest BCUT2D eigenvalue weighted by molar-refractivity contribution is -0.114. The Labute approximate surface area is 228 Å². The van der Waals surface area contributed by atoms with E-state index in [2.05, 4.69) is 39.3 Å². The quantitative estimate of drug-likeness (QED) is 0.421. The summed E-state index contributed by atoms with van der Waals surface area (Å²) in [6, 6.07) is 8.78. The van der Waals surface area contributed by atoms with Crippen molar-refractivity contribution in [3.63, 3.8) is 0 Å². The van der Waals surface area contributed by atoms with E-state index in [1.54, 1.807) is 25.4 Å². The molecule has 3 unspecified atom stereocenters. The highest BCUT2D eigenvalue weighted by Crippen LogP contribution is 2.33. The molecule has 11 nitrogen and oxygen atoms in total. The molecule has 0 aliphatic carbocycles. The van der Waals surface area contributed by atoms with Crippen LogP contribution in [0.1, 0.15) is 39.4 Å². The van der Waals surface area contributed by atoms with Crippen LogP contribution < -0.4 is 15.5 Å². The summed E-state index contributed by atoms with van der Waals surface area (Å²) >= 11 is 0. The second-order valence-electron chi connectivity index (χ2n) is 9.76. The van der Waals surface area contributed by atoms with Gasteiger partial charge in [0.25, 0.3) is 0 Å². The first kappa shape index (κ1) is 28.4. The molecular weight excluding hydrogens is 520 g/mol. The highest BCUT2D eigenvalue weighted by atomic mass is 32.2. The molecule has 208 valence electrons. The zero-order chi connectivity index (χ0) is 28.3. The Morgan fingerprint density at radius 2 is 1.82 bits per heavy atom. The summed E-state index contributed by atoms with van der Waals surface area (Å²) in [6.07, 6.45) is 4.40. The van der Waals surface area contributed by atoms with Crippen LogP contribution in [0, 0.1) is 0 Å². The predicted octanol–water partition coefficient (Wildman–Crippen LogP) is 3.97. The van der Waals surface area contributed by atoms with E-state index in [9.17, 15) is 13.2 Å². The van der Waals surface area contributed by atoms with E-state index >= 15 is 0 Å². The number of morpholine rings is 1. The van der Waals surface area contributed by atoms with Crippen molar-refractivity contribution in [3.8, 4) is 11.3 Å². The van der Waals surface area contributed by atoms with Crippen LogP contribution >= 0.6 is 0 Å². The van der Waals surface area contributed by atoms with Gasteiger partial charge in [-0.1, -0.05) is 0 Å². The Kier molecular flexibility index (Phi) is 8.48. The van der Waals surface area contributed by atoms with Crippen LogP contribution in [-0.4, -0.2) is 67.9 Å². The number of anilines is 4. The second kappa shape index (κ2) is 11.6. The van der Waals surface area contributed by atoms with Crippen molar-refractivity contribution in [1.82, 2.24) is 15.0 Å². The summed E-state index contributed by atoms with van der Waals surface area (Å²) < 4.78 is 36.0. The number of carbonyl (C=O) groups is 1. The number of ether oxygens (including phenoxy) is 2. The van der Waals surface area contributed by atoms with Gasteiger partial charge < -0.3 is 25.0 Å². The average molecular weight is 555 g/mol. The molecule has 0 saturated carbocycles. The number of sulfone groups is 1. The molecule has 3 aromatic heterocycles. The Balaban J connectivity index is 1.73. The summed E-state index contributed by atoms with van der Waals surface area (Å²) in [6.45, 7) is 8.86. The first-order valence-electron chi connectivity index (χ1n) is 12.6. The van der Waals surface area contributed by atoms with Crippen LogP contribution in [-0.2, 0) is 24.1 Å². The molecule has 0 bridgehead atoms. The van der Waals surface area contributed by atoms with Gasteiger partial charge in [0.1, 0.15) is 11.6 Å². The number of pyridine rings is 3. The molecule has 1 aliphatic heterocycles. The van der Waals surface area contributed by atoms with Gasteiger partial charge in [0.15, 0.2) is 14.9 Å². The van der Waals surface area contributed by atoms with Crippen LogP contribution in [0.5, 0.6) is 0 Å². The molecule has 0 aromatic carbocycles. The molecular formula is C27H34N6O5S. The standard InChI is InChI=1S/C27H34N6O5S/c1-16-14-33(15-17(2)38-16)21-7-8-23(28-12-21)22-13-29-25(30-19(4)34)11-24(22)31-26-9-20(18(3)37-5)10-27(32-26)39(6,35)36/h7-13,16-18H,14-15H2,1-6H3,(H2,29,30,31,32,34). The third-order valence-corrected chi connectivity index (χ3v) is 7.28. The van der Waals surface area contributed by atoms with Crippen LogP contribution in [0.4, 0.5) is 23.0 Å². The fourth-order valence-electron chi connectivity index (χ4n) is 4.42. The van der Waals surface area contributed by atoms with Gasteiger partial charge >= 0.3 is 0 Å². The summed E-state index contributed by atoms with van der Waals surface area (Å²) in [5, 5.41) is 5.81. The first-order valence-corrected chi connectivity index (χ1v) is 14.5. The number of nitrogens with zero attached hydrogens (tertiary/aromatic N) is 4. The minimum atomic E-state index is -3.59. The maximum Gasteiger partial charge on any atom is 0.222 e. The van der Waals surface area contributed by atoms with E-state index in [1.165, 1.54) is 13.0 Å². The minimum absolute atomic E-state index is 0.0828. The number of methoxy groups -OCH3 is 1. The fraction of sp³-hybridized carbons (Fsp3) is 0.407. The SMILES string of the molecule is COC(C)c1cc(Nc2cc(NC(C)=O)ncc2-c2ccc(N3CC(C)OC(C)C3)cn2)nc(S(C)(=O)=O)c1. The number of aromatic nitrogens is 3. The number of carbonyl (C=O) groups excluding carboxylic acids is 1. The molecule has 1 amide bonds. The number of nitrogens with one attached hydrogen (secondary N) is 2. The van der Waals surface area contributed by atoms with Gasteiger partial charge in [-0.3, -0.25) is 9.78 Å². The van der Waals surface area contributed by atoms with E-state index in [-0.39, 0.29) is 29.2 Å². The molecule has 4 rings (SSSR count). The van der Waals surface area contributed by atoms with Gasteiger partial charge in [-0.15, -0.1) is 0 Å². The molecule has 1 aliphatic rings. The fourth-order valence-corrected chi connectivity index (χ4v) is 5.04. The molecule has 1 saturated heterocycles. The van der Waals surface area contributed by atoms with E-state index < -0.39 is 9.84 Å². The van der Waals surface area contributed by atoms with Gasteiger partial charge in [-0.2, -0.15) is 0 Å². The van der Waals surface area contributed by atoms with Crippen molar-refractivity contribution in [3.05, 3.63) is 48.3 Å². The molecule has 0 radical (unpaired) electrons. The molecule has 4 heterocycles. The normalized spacial score (nSPS) is 18.5. The number of rotatable bonds is 8. The maximum atomic E-state index is 12.4. The van der Waals surface area contributed by atoms with E-state index in [0.29, 0.717) is 34.1 Å². The number of hydrogen-bond acceptors (Lipinski definition) is 10. The van der Waals surface area contributed by atoms with Crippen molar-refractivity contribution < 1.29 is 22.7 Å². The van der Waals surface area contributed by atoms with Gasteiger partial charge in [0.05, 0.1) is 41.6 Å². The molecule has 1 fully saturated rings. The third-order valence-electron chi connectivity index (χ3n) is 6.31. The third kappa shape index (κ3) is 7.08. The zero-order valence-electron chi connectivity index (χ0n) is 22.9. The van der Waals surface area contributed by atoms with Crippen LogP contribution in [0.25, 0.3) is 11.3 Å². The zero-order valence-corrected chi connectivity index (χ0v) is 23.7. The highest BCUT2D eigenvalue weighted by Gasteiger charge is 2.23. The Morgan fingerprint density at radius 1 is 1.10 bits per heavy atom. The van der Waals surface area contributed by atoms with Gasteiger partial charge in [-0.25, -0.2) is 18.4 Å². The molecule has 2 N–H and O–H groups in total. The topological polar surface area (TPSA) is 136 Å². The van der Waals surface area contributed by atoms with Crippen molar-refractivity contribution >= 4 is 38.8 Å². The summed E-state index contributed by atoms with van der Waals surface area (Å²) in [5.74, 6) is 0.350. The highest BCUT2D eigenvalue weighted by molar-refractivity contribution is 7.90. The van der Waals surface area contributed by atoms with Crippen molar-refractivity contribution in [2.45, 2.75) is 51.0 Å². The Bertz CT molecular complexity index is 1440. The molecule has 12 heteroatoms. The van der Waals surface area contributed by atoms with E-state index in [0.717, 1.165) is 25.0 Å². The summed E-state index contributed by atoms with van der Waals surface area (Å²) in [5.41, 5.74) is 3.45. The lowest BCUT2D eigenvalue weighted by Crippen LogP contribution is -2.45. The Hall–Kier alpha value is -3.61. The predicted molar refractivity (Wildman–Crippen MR) is 150 cm³/mol. The lowest BCUT2D eigenvalue weighted by Gasteiger charge is -2.36. The van der Waals surface area contributed by atoms with Crippen LogP contribution in [0.2, 0.25) is 0 Å². The monoisotopic (exact) mass is 554 g/mol. The molecule has 3 atom stereocenters. The van der Waals surface area contributed by atoms with Crippen LogP contribution in [0.3, 0.4) is 0 Å². The van der Waals surface area contributed by atoms with Crippen molar-refractivity contribution in [2.24, 2.45) is 0 Å². The first-order chi connectivity index (χ1) is 18.4. The van der Waals surface area contributed by atoms with Crippen LogP contribution in [0.15, 0.2) is 47.8 Å². The Morgan fingerprint density at radius 3 is 2.41 bits per heavy atom. The van der Waals surface area contributed by atoms with Gasteiger partial charge in [0.2, 0.25) is 5.91 Å². The molecule has 3 aromatic rings. The average Bonchev–Trinajstić information content (AvgIpc) is 2.87. The summed E-state index contributed by atoms with van der Waals surface area (Å²) in [4.78, 5) is 27.3.